The van der Waals surface area contributed by atoms with Gasteiger partial charge in [-0.2, -0.15) is 0 Å². The van der Waals surface area contributed by atoms with Gasteiger partial charge in [-0.1, -0.05) is 12.1 Å². The minimum absolute atomic E-state index is 0.0280. The third-order valence-electron chi connectivity index (χ3n) is 8.72. The molecule has 0 radical (unpaired) electrons. The van der Waals surface area contributed by atoms with Gasteiger partial charge < -0.3 is 74.1 Å². The molecule has 4 aromatic rings. The number of carbonyl (C=O) groups excluding carboxylic acids is 1. The molecule has 0 saturated carbocycles. The molecule has 3 aromatic carbocycles. The highest BCUT2D eigenvalue weighted by Gasteiger charge is 2.51. The molecule has 2 fully saturated rings. The van der Waals surface area contributed by atoms with Gasteiger partial charge in [0.1, 0.15) is 77.2 Å². The fraction of sp³-hybridized carbons (Fsp3) is 0.333. The summed E-state index contributed by atoms with van der Waals surface area (Å²) < 4.78 is 34.3. The van der Waals surface area contributed by atoms with Crippen LogP contribution in [0.4, 0.5) is 0 Å². The zero-order chi connectivity index (χ0) is 38.1. The minimum Gasteiger partial charge on any atom is -0.508 e. The van der Waals surface area contributed by atoms with Crippen molar-refractivity contribution in [1.29, 1.82) is 0 Å². The Balaban J connectivity index is 1.27. The van der Waals surface area contributed by atoms with Gasteiger partial charge >= 0.3 is 5.97 Å². The summed E-state index contributed by atoms with van der Waals surface area (Å²) in [6.45, 7) is 0.741. The van der Waals surface area contributed by atoms with Gasteiger partial charge in [0.05, 0.1) is 6.10 Å². The molecule has 0 amide bonds. The summed E-state index contributed by atoms with van der Waals surface area (Å²) in [6, 6.07) is 13.2. The van der Waals surface area contributed by atoms with Gasteiger partial charge in [0.2, 0.25) is 17.5 Å². The number of ether oxygens (including phenoxy) is 5. The zero-order valence-corrected chi connectivity index (χ0v) is 27.7. The molecule has 53 heavy (non-hydrogen) atoms. The average Bonchev–Trinajstić information content (AvgIpc) is 3.12. The molecular formula is C36H36O17. The number of benzene rings is 3. The van der Waals surface area contributed by atoms with Crippen molar-refractivity contribution >= 4 is 23.0 Å². The first-order chi connectivity index (χ1) is 25.2. The molecule has 0 spiro atoms. The normalized spacial score (nSPS) is 28.9. The third kappa shape index (κ3) is 7.92. The first-order valence-corrected chi connectivity index (χ1v) is 16.2. The van der Waals surface area contributed by atoms with Crippen LogP contribution < -0.4 is 10.2 Å². The van der Waals surface area contributed by atoms with Crippen molar-refractivity contribution in [3.05, 3.63) is 82.5 Å². The molecule has 2 saturated heterocycles. The maximum Gasteiger partial charge on any atom is 0.330 e. The Morgan fingerprint density at radius 2 is 1.43 bits per heavy atom. The molecule has 3 heterocycles. The highest BCUT2D eigenvalue weighted by atomic mass is 16.8. The second-order valence-electron chi connectivity index (χ2n) is 12.5. The van der Waals surface area contributed by atoms with Gasteiger partial charge in [-0.25, -0.2) is 4.79 Å². The third-order valence-corrected chi connectivity index (χ3v) is 8.72. The highest BCUT2D eigenvalue weighted by Crippen LogP contribution is 2.38. The number of aliphatic hydroxyl groups excluding tert-OH is 5. The Hall–Kier alpha value is -5.24. The zero-order valence-electron chi connectivity index (χ0n) is 27.7. The number of aromatic hydroxyl groups is 4. The fourth-order valence-electron chi connectivity index (χ4n) is 5.82. The van der Waals surface area contributed by atoms with Crippen molar-refractivity contribution in [3.63, 3.8) is 0 Å². The Labute approximate surface area is 299 Å². The summed E-state index contributed by atoms with van der Waals surface area (Å²) in [5, 5.41) is 93.4. The Morgan fingerprint density at radius 1 is 0.774 bits per heavy atom. The summed E-state index contributed by atoms with van der Waals surface area (Å²) in [7, 11) is 0. The van der Waals surface area contributed by atoms with Gasteiger partial charge in [-0.3, -0.25) is 4.79 Å². The smallest absolute Gasteiger partial charge is 0.330 e. The van der Waals surface area contributed by atoms with E-state index in [0.29, 0.717) is 5.56 Å². The van der Waals surface area contributed by atoms with Crippen molar-refractivity contribution in [2.45, 2.75) is 68.3 Å². The van der Waals surface area contributed by atoms with Crippen LogP contribution >= 0.6 is 0 Å². The van der Waals surface area contributed by atoms with E-state index in [2.05, 4.69) is 0 Å². The second-order valence-corrected chi connectivity index (χ2v) is 12.5. The highest BCUT2D eigenvalue weighted by molar-refractivity contribution is 5.88. The monoisotopic (exact) mass is 740 g/mol. The van der Waals surface area contributed by atoms with E-state index in [9.17, 15) is 55.5 Å². The lowest BCUT2D eigenvalue weighted by Crippen LogP contribution is -2.64. The number of phenolic OH excluding ortho intramolecular Hbond substituents is 4. The molecule has 9 N–H and O–H groups in total. The summed E-state index contributed by atoms with van der Waals surface area (Å²) in [6.07, 6.45) is -14.8. The van der Waals surface area contributed by atoms with E-state index in [1.54, 1.807) is 12.1 Å². The number of hydrogen-bond acceptors (Lipinski definition) is 17. The van der Waals surface area contributed by atoms with Crippen LogP contribution in [0.1, 0.15) is 12.5 Å². The molecule has 1 aromatic heterocycles. The predicted molar refractivity (Wildman–Crippen MR) is 180 cm³/mol. The van der Waals surface area contributed by atoms with E-state index in [-0.39, 0.29) is 28.4 Å². The van der Waals surface area contributed by atoms with Crippen LogP contribution in [0, 0.1) is 0 Å². The lowest BCUT2D eigenvalue weighted by Gasteiger charge is -2.45. The first-order valence-electron chi connectivity index (χ1n) is 16.2. The van der Waals surface area contributed by atoms with E-state index >= 15 is 0 Å². The lowest BCUT2D eigenvalue weighted by molar-refractivity contribution is -0.355. The van der Waals surface area contributed by atoms with E-state index in [1.807, 2.05) is 0 Å². The molecule has 1 unspecified atom stereocenters. The number of esters is 1. The van der Waals surface area contributed by atoms with E-state index in [0.717, 1.165) is 18.2 Å². The topological polar surface area (TPSA) is 275 Å². The molecule has 0 bridgehead atoms. The van der Waals surface area contributed by atoms with Gasteiger partial charge in [0, 0.05) is 23.8 Å². The lowest BCUT2D eigenvalue weighted by atomic mass is 9.97. The largest absolute Gasteiger partial charge is 0.508 e. The van der Waals surface area contributed by atoms with Crippen molar-refractivity contribution < 1.29 is 78.9 Å². The number of carbonyl (C=O) groups is 1. The molecule has 17 nitrogen and oxygen atoms in total. The average molecular weight is 741 g/mol. The van der Waals surface area contributed by atoms with Crippen LogP contribution in [-0.4, -0.2) is 120 Å². The predicted octanol–water partition coefficient (Wildman–Crippen LogP) is 0.577. The molecule has 0 aliphatic carbocycles. The van der Waals surface area contributed by atoms with E-state index < -0.39 is 102 Å². The number of fused-ring (bicyclic) bond motifs is 1. The molecule has 10 atom stereocenters. The van der Waals surface area contributed by atoms with Crippen molar-refractivity contribution in [1.82, 2.24) is 0 Å². The van der Waals surface area contributed by atoms with Gasteiger partial charge in [-0.05, 0) is 55.0 Å². The first kappa shape index (κ1) is 37.5. The van der Waals surface area contributed by atoms with Gasteiger partial charge in [0.25, 0.3) is 0 Å². The maximum absolute atomic E-state index is 13.9. The number of aliphatic hydroxyl groups is 5. The molecular weight excluding hydrogens is 704 g/mol. The fourth-order valence-corrected chi connectivity index (χ4v) is 5.82. The van der Waals surface area contributed by atoms with Crippen LogP contribution in [0.25, 0.3) is 28.4 Å². The standard InChI is InChI=1S/C36H36O17/c1-15-26(42)30(46)34(53-35-31(47)29(45)27(43)23(51-35)14-48-24(41)11-4-16-2-7-18(37)8-3-16)36(49-15)52-33-28(44)25-21(40)12-20(39)13-22(25)50-32(33)17-5-9-19(38)10-6-17/h2-13,15,23,26-27,29-31,34-40,42-43,45-47H,14H2,1H3/b11-4+/t15-,23+,26-,27+,29-,30+,31+,34+,35-,36?/m0/s1. The number of hydrogen-bond donors (Lipinski definition) is 9. The Morgan fingerprint density at radius 3 is 2.11 bits per heavy atom. The van der Waals surface area contributed by atoms with Crippen molar-refractivity contribution in [3.8, 4) is 40.1 Å². The van der Waals surface area contributed by atoms with Crippen LogP contribution in [0.3, 0.4) is 0 Å². The Kier molecular flexibility index (Phi) is 10.9. The maximum atomic E-state index is 13.9. The SMILES string of the molecule is C[C@@H]1OC(Oc2c(-c3ccc(O)cc3)oc3cc(O)cc(O)c3c2=O)[C@H](O[C@@H]2O[C@H](COC(=O)/C=C/c3ccc(O)cc3)[C@@H](O)[C@H](O)[C@H]2O)[C@H](O)[C@H]1O. The summed E-state index contributed by atoms with van der Waals surface area (Å²) >= 11 is 0. The molecule has 2 aliphatic heterocycles. The summed E-state index contributed by atoms with van der Waals surface area (Å²) in [4.78, 5) is 26.3. The molecule has 2 aliphatic rings. The molecule has 282 valence electrons. The van der Waals surface area contributed by atoms with E-state index in [4.69, 9.17) is 28.1 Å². The van der Waals surface area contributed by atoms with Crippen LogP contribution in [0.2, 0.25) is 0 Å². The van der Waals surface area contributed by atoms with Crippen molar-refractivity contribution in [2.75, 3.05) is 6.61 Å². The molecule has 6 rings (SSSR count). The quantitative estimate of drug-likeness (QED) is 0.0838. The van der Waals surface area contributed by atoms with Gasteiger partial charge in [-0.15, -0.1) is 0 Å². The summed E-state index contributed by atoms with van der Waals surface area (Å²) in [5.41, 5.74) is -0.454. The molecule has 17 heteroatoms. The minimum atomic E-state index is -1.97. The number of rotatable bonds is 9. The summed E-state index contributed by atoms with van der Waals surface area (Å²) in [5.74, 6) is -2.90. The van der Waals surface area contributed by atoms with Gasteiger partial charge in [0.15, 0.2) is 18.2 Å². The van der Waals surface area contributed by atoms with Crippen LogP contribution in [-0.2, 0) is 23.7 Å². The van der Waals surface area contributed by atoms with Crippen LogP contribution in [0.15, 0.2) is 76.0 Å². The van der Waals surface area contributed by atoms with Crippen molar-refractivity contribution in [2.24, 2.45) is 0 Å². The van der Waals surface area contributed by atoms with E-state index in [1.165, 1.54) is 49.4 Å². The Bertz CT molecular complexity index is 2010. The van der Waals surface area contributed by atoms with Crippen LogP contribution in [0.5, 0.6) is 28.7 Å². The second kappa shape index (κ2) is 15.4. The number of phenols is 4.